The van der Waals surface area contributed by atoms with Crippen molar-refractivity contribution in [1.29, 1.82) is 0 Å². The van der Waals surface area contributed by atoms with Crippen molar-refractivity contribution in [1.82, 2.24) is 4.98 Å². The molecule has 3 heteroatoms. The molecule has 0 bridgehead atoms. The Morgan fingerprint density at radius 1 is 1.17 bits per heavy atom. The second kappa shape index (κ2) is 5.40. The van der Waals surface area contributed by atoms with Crippen LogP contribution in [-0.2, 0) is 0 Å². The molecule has 0 aliphatic heterocycles. The third-order valence-corrected chi connectivity index (χ3v) is 3.19. The van der Waals surface area contributed by atoms with E-state index in [1.807, 2.05) is 13.0 Å². The van der Waals surface area contributed by atoms with E-state index < -0.39 is 0 Å². The van der Waals surface area contributed by atoms with Gasteiger partial charge in [0.25, 0.3) is 0 Å². The van der Waals surface area contributed by atoms with Crippen LogP contribution in [-0.4, -0.2) is 4.98 Å². The first-order valence-corrected chi connectivity index (χ1v) is 6.39. The molecule has 2 aromatic rings. The summed E-state index contributed by atoms with van der Waals surface area (Å²) < 4.78 is 0. The maximum atomic E-state index is 6.09. The van der Waals surface area contributed by atoms with Crippen LogP contribution in [0.4, 0.5) is 5.69 Å². The largest absolute Gasteiger partial charge is 0.376 e. The molecule has 0 aliphatic carbocycles. The minimum Gasteiger partial charge on any atom is -0.376 e. The summed E-state index contributed by atoms with van der Waals surface area (Å²) in [5.41, 5.74) is 4.48. The summed E-state index contributed by atoms with van der Waals surface area (Å²) in [4.78, 5) is 4.15. The number of rotatable bonds is 3. The fourth-order valence-corrected chi connectivity index (χ4v) is 2.07. The maximum Gasteiger partial charge on any atom is 0.152 e. The Labute approximate surface area is 113 Å². The minimum atomic E-state index is 0.200. The van der Waals surface area contributed by atoms with Crippen molar-refractivity contribution in [2.45, 2.75) is 26.8 Å². The zero-order valence-corrected chi connectivity index (χ0v) is 11.6. The molecule has 94 valence electrons. The van der Waals surface area contributed by atoms with Gasteiger partial charge in [0.1, 0.15) is 0 Å². The van der Waals surface area contributed by atoms with Crippen molar-refractivity contribution in [2.75, 3.05) is 5.32 Å². The van der Waals surface area contributed by atoms with Crippen molar-refractivity contribution in [3.8, 4) is 0 Å². The van der Waals surface area contributed by atoms with Gasteiger partial charge < -0.3 is 5.32 Å². The summed E-state index contributed by atoms with van der Waals surface area (Å²) in [6.45, 7) is 6.22. The van der Waals surface area contributed by atoms with E-state index in [0.29, 0.717) is 5.15 Å². The third-order valence-electron chi connectivity index (χ3n) is 2.89. The zero-order chi connectivity index (χ0) is 13.1. The smallest absolute Gasteiger partial charge is 0.152 e. The molecular weight excluding hydrogens is 244 g/mol. The van der Waals surface area contributed by atoms with Crippen LogP contribution >= 0.6 is 11.6 Å². The lowest BCUT2D eigenvalue weighted by Gasteiger charge is -2.17. The van der Waals surface area contributed by atoms with Crippen LogP contribution in [0.15, 0.2) is 36.5 Å². The van der Waals surface area contributed by atoms with Crippen LogP contribution < -0.4 is 5.32 Å². The number of anilines is 1. The lowest BCUT2D eigenvalue weighted by molar-refractivity contribution is 0.880. The van der Waals surface area contributed by atoms with Gasteiger partial charge in [0.2, 0.25) is 0 Å². The van der Waals surface area contributed by atoms with Gasteiger partial charge >= 0.3 is 0 Å². The van der Waals surface area contributed by atoms with Gasteiger partial charge in [0, 0.05) is 12.2 Å². The van der Waals surface area contributed by atoms with Gasteiger partial charge in [-0.15, -0.1) is 0 Å². The van der Waals surface area contributed by atoms with E-state index in [9.17, 15) is 0 Å². The van der Waals surface area contributed by atoms with Gasteiger partial charge in [-0.1, -0.05) is 41.4 Å². The molecule has 18 heavy (non-hydrogen) atoms. The third kappa shape index (κ3) is 3.02. The van der Waals surface area contributed by atoms with Crippen LogP contribution in [0.25, 0.3) is 0 Å². The highest BCUT2D eigenvalue weighted by Gasteiger charge is 2.08. The molecule has 0 saturated heterocycles. The molecular formula is C15H17ClN2. The number of nitrogens with zero attached hydrogens (tertiary/aromatic N) is 1. The highest BCUT2D eigenvalue weighted by Crippen LogP contribution is 2.25. The number of hydrogen-bond donors (Lipinski definition) is 1. The summed E-state index contributed by atoms with van der Waals surface area (Å²) >= 11 is 6.09. The molecule has 2 nitrogen and oxygen atoms in total. The normalized spacial score (nSPS) is 12.2. The van der Waals surface area contributed by atoms with Crippen LogP contribution in [0.2, 0.25) is 5.15 Å². The predicted molar refractivity (Wildman–Crippen MR) is 77.2 cm³/mol. The van der Waals surface area contributed by atoms with Gasteiger partial charge in [-0.05, 0) is 38.0 Å². The Kier molecular flexibility index (Phi) is 3.87. The zero-order valence-electron chi connectivity index (χ0n) is 10.9. The predicted octanol–water partition coefficient (Wildman–Crippen LogP) is 4.52. The molecule has 0 amide bonds. The molecule has 0 aliphatic rings. The number of nitrogens with one attached hydrogen (secondary N) is 1. The molecule has 0 spiro atoms. The van der Waals surface area contributed by atoms with Gasteiger partial charge in [0.15, 0.2) is 5.15 Å². The first kappa shape index (κ1) is 12.9. The molecule has 1 aromatic carbocycles. The van der Waals surface area contributed by atoms with Gasteiger partial charge in [-0.25, -0.2) is 4.98 Å². The summed E-state index contributed by atoms with van der Waals surface area (Å²) in [6, 6.07) is 10.7. The Morgan fingerprint density at radius 3 is 2.67 bits per heavy atom. The van der Waals surface area contributed by atoms with E-state index in [4.69, 9.17) is 11.6 Å². The first-order valence-electron chi connectivity index (χ1n) is 6.01. The molecule has 0 radical (unpaired) electrons. The monoisotopic (exact) mass is 260 g/mol. The van der Waals surface area contributed by atoms with Crippen LogP contribution in [0.3, 0.4) is 0 Å². The Bertz CT molecular complexity index is 552. The van der Waals surface area contributed by atoms with Crippen molar-refractivity contribution in [3.05, 3.63) is 58.4 Å². The van der Waals surface area contributed by atoms with Crippen molar-refractivity contribution in [2.24, 2.45) is 0 Å². The molecule has 1 N–H and O–H groups in total. The second-order valence-corrected chi connectivity index (χ2v) is 4.99. The topological polar surface area (TPSA) is 24.9 Å². The first-order chi connectivity index (χ1) is 8.56. The van der Waals surface area contributed by atoms with Crippen molar-refractivity contribution >= 4 is 17.3 Å². The fourth-order valence-electron chi connectivity index (χ4n) is 1.91. The lowest BCUT2D eigenvalue weighted by Crippen LogP contribution is -2.07. The summed E-state index contributed by atoms with van der Waals surface area (Å²) in [7, 11) is 0. The standard InChI is InChI=1S/C15H17ClN2/c1-10-5-4-6-13(7-10)12(3)18-14-8-11(2)9-17-15(14)16/h4-9,12,18H,1-3H3. The number of aryl methyl sites for hydroxylation is 2. The quantitative estimate of drug-likeness (QED) is 0.821. The van der Waals surface area contributed by atoms with Crippen molar-refractivity contribution < 1.29 is 0 Å². The molecule has 1 aromatic heterocycles. The Balaban J connectivity index is 2.21. The van der Waals surface area contributed by atoms with E-state index in [0.717, 1.165) is 11.3 Å². The minimum absolute atomic E-state index is 0.200. The molecule has 0 saturated carbocycles. The number of benzene rings is 1. The molecule has 0 fully saturated rings. The number of aromatic nitrogens is 1. The molecule has 1 heterocycles. The van der Waals surface area contributed by atoms with E-state index >= 15 is 0 Å². The molecule has 1 atom stereocenters. The number of halogens is 1. The van der Waals surface area contributed by atoms with Crippen LogP contribution in [0.1, 0.15) is 29.7 Å². The van der Waals surface area contributed by atoms with Gasteiger partial charge in [-0.3, -0.25) is 0 Å². The summed E-state index contributed by atoms with van der Waals surface area (Å²) in [5.74, 6) is 0. The summed E-state index contributed by atoms with van der Waals surface area (Å²) in [5, 5.41) is 3.91. The van der Waals surface area contributed by atoms with E-state index in [1.54, 1.807) is 6.20 Å². The van der Waals surface area contributed by atoms with Gasteiger partial charge in [0.05, 0.1) is 5.69 Å². The van der Waals surface area contributed by atoms with E-state index in [-0.39, 0.29) is 6.04 Å². The average Bonchev–Trinajstić information content (AvgIpc) is 2.34. The SMILES string of the molecule is Cc1cccc(C(C)Nc2cc(C)cnc2Cl)c1. The van der Waals surface area contributed by atoms with Crippen molar-refractivity contribution in [3.63, 3.8) is 0 Å². The Hall–Kier alpha value is -1.54. The number of hydrogen-bond acceptors (Lipinski definition) is 2. The number of pyridine rings is 1. The molecule has 1 unspecified atom stereocenters. The van der Waals surface area contributed by atoms with E-state index in [1.165, 1.54) is 11.1 Å². The highest BCUT2D eigenvalue weighted by atomic mass is 35.5. The molecule has 2 rings (SSSR count). The fraction of sp³-hybridized carbons (Fsp3) is 0.267. The average molecular weight is 261 g/mol. The van der Waals surface area contributed by atoms with Gasteiger partial charge in [-0.2, -0.15) is 0 Å². The highest BCUT2D eigenvalue weighted by molar-refractivity contribution is 6.31. The van der Waals surface area contributed by atoms with E-state index in [2.05, 4.69) is 48.4 Å². The van der Waals surface area contributed by atoms with Crippen LogP contribution in [0, 0.1) is 13.8 Å². The lowest BCUT2D eigenvalue weighted by atomic mass is 10.1. The second-order valence-electron chi connectivity index (χ2n) is 4.63. The Morgan fingerprint density at radius 2 is 1.94 bits per heavy atom. The summed E-state index contributed by atoms with van der Waals surface area (Å²) in [6.07, 6.45) is 1.77. The van der Waals surface area contributed by atoms with Crippen LogP contribution in [0.5, 0.6) is 0 Å². The maximum absolute atomic E-state index is 6.09.